The fourth-order valence-corrected chi connectivity index (χ4v) is 8.70. The molecule has 8 nitrogen and oxygen atoms in total. The Morgan fingerprint density at radius 1 is 1.04 bits per heavy atom. The van der Waals surface area contributed by atoms with Crippen LogP contribution >= 0.6 is 0 Å². The highest BCUT2D eigenvalue weighted by molar-refractivity contribution is 5.99. The molecule has 3 aliphatic heterocycles. The van der Waals surface area contributed by atoms with Crippen molar-refractivity contribution in [3.8, 4) is 0 Å². The van der Waals surface area contributed by atoms with Gasteiger partial charge in [-0.25, -0.2) is 0 Å². The van der Waals surface area contributed by atoms with Gasteiger partial charge in [0.1, 0.15) is 11.6 Å². The number of aliphatic hydroxyl groups is 1. The zero-order valence-corrected chi connectivity index (χ0v) is 28.4. The Morgan fingerprint density at radius 2 is 1.71 bits per heavy atom. The van der Waals surface area contributed by atoms with Crippen molar-refractivity contribution >= 4 is 17.7 Å². The van der Waals surface area contributed by atoms with Crippen molar-refractivity contribution in [2.75, 3.05) is 26.2 Å². The molecular weight excluding hydrogens is 566 g/mol. The molecule has 0 aromatic heterocycles. The predicted molar refractivity (Wildman–Crippen MR) is 177 cm³/mol. The van der Waals surface area contributed by atoms with E-state index < -0.39 is 34.6 Å². The van der Waals surface area contributed by atoms with Gasteiger partial charge in [0, 0.05) is 38.3 Å². The van der Waals surface area contributed by atoms with Gasteiger partial charge in [-0.05, 0) is 63.4 Å². The molecule has 0 saturated carbocycles. The number of carbonyl (C=O) groups excluding carboxylic acids is 3. The maximum atomic E-state index is 15.0. The van der Waals surface area contributed by atoms with Crippen molar-refractivity contribution in [1.82, 2.24) is 14.7 Å². The van der Waals surface area contributed by atoms with Crippen LogP contribution in [-0.4, -0.2) is 86.6 Å². The van der Waals surface area contributed by atoms with Crippen molar-refractivity contribution in [3.05, 3.63) is 61.2 Å². The molecule has 45 heavy (non-hydrogen) atoms. The summed E-state index contributed by atoms with van der Waals surface area (Å²) in [6, 6.07) is 8.97. The van der Waals surface area contributed by atoms with Crippen LogP contribution in [0.3, 0.4) is 0 Å². The molecule has 3 heterocycles. The summed E-state index contributed by atoms with van der Waals surface area (Å²) < 4.78 is 7.06. The monoisotopic (exact) mass is 621 g/mol. The number of rotatable bonds is 15. The van der Waals surface area contributed by atoms with Gasteiger partial charge in [-0.3, -0.25) is 14.4 Å². The van der Waals surface area contributed by atoms with Crippen LogP contribution in [0.4, 0.5) is 0 Å². The Hall–Kier alpha value is -2.97. The Bertz CT molecular complexity index is 1260. The summed E-state index contributed by atoms with van der Waals surface area (Å²) in [5, 5.41) is 9.56. The van der Waals surface area contributed by atoms with Crippen molar-refractivity contribution in [1.29, 1.82) is 0 Å². The van der Waals surface area contributed by atoms with Crippen molar-refractivity contribution < 1.29 is 24.2 Å². The van der Waals surface area contributed by atoms with Crippen LogP contribution in [0.15, 0.2) is 55.6 Å². The molecule has 1 spiro atoms. The zero-order valence-electron chi connectivity index (χ0n) is 28.4. The minimum absolute atomic E-state index is 0.00295. The maximum absolute atomic E-state index is 15.0. The molecule has 248 valence electrons. The lowest BCUT2D eigenvalue weighted by Crippen LogP contribution is -2.61. The van der Waals surface area contributed by atoms with Crippen LogP contribution in [0.25, 0.3) is 0 Å². The summed E-state index contributed by atoms with van der Waals surface area (Å²) in [5.74, 6) is -1.94. The Morgan fingerprint density at radius 3 is 2.29 bits per heavy atom. The average molecular weight is 622 g/mol. The van der Waals surface area contributed by atoms with E-state index in [1.54, 1.807) is 22.0 Å². The third kappa shape index (κ3) is 6.50. The lowest BCUT2D eigenvalue weighted by Gasteiger charge is -2.45. The second kappa shape index (κ2) is 13.4. The number of nitrogens with zero attached hydrogens (tertiary/aromatic N) is 3. The number of fused-ring (bicyclic) bond motifs is 1. The van der Waals surface area contributed by atoms with Gasteiger partial charge in [0.15, 0.2) is 0 Å². The molecule has 1 N–H and O–H groups in total. The van der Waals surface area contributed by atoms with Gasteiger partial charge >= 0.3 is 0 Å². The largest absolute Gasteiger partial charge is 0.396 e. The second-order valence-corrected chi connectivity index (χ2v) is 15.1. The SMILES string of the molecule is C=CCN(Cc1ccccc1)C(=O)[C@@H]1[C@H]2C(=O)N(CCCCO)C(C(=O)N(CC=C)C(C)(C)CC(C)(C)C)C23CC[C@@]1(CC)O3. The lowest BCUT2D eigenvalue weighted by atomic mass is 9.64. The summed E-state index contributed by atoms with van der Waals surface area (Å²) in [6.07, 6.45) is 6.99. The van der Waals surface area contributed by atoms with Crippen molar-refractivity contribution in [2.24, 2.45) is 17.3 Å². The smallest absolute Gasteiger partial charge is 0.249 e. The van der Waals surface area contributed by atoms with Gasteiger partial charge < -0.3 is 24.5 Å². The maximum Gasteiger partial charge on any atom is 0.249 e. The van der Waals surface area contributed by atoms with Crippen LogP contribution in [0.5, 0.6) is 0 Å². The van der Waals surface area contributed by atoms with E-state index in [-0.39, 0.29) is 29.7 Å². The van der Waals surface area contributed by atoms with Crippen LogP contribution in [0, 0.1) is 17.3 Å². The van der Waals surface area contributed by atoms with Gasteiger partial charge in [0.05, 0.1) is 17.4 Å². The third-order valence-electron chi connectivity index (χ3n) is 10.1. The predicted octanol–water partition coefficient (Wildman–Crippen LogP) is 5.36. The summed E-state index contributed by atoms with van der Waals surface area (Å²) in [5.41, 5.74) is -1.51. The van der Waals surface area contributed by atoms with E-state index in [1.165, 1.54) is 0 Å². The van der Waals surface area contributed by atoms with E-state index in [4.69, 9.17) is 4.74 Å². The first-order chi connectivity index (χ1) is 21.2. The summed E-state index contributed by atoms with van der Waals surface area (Å²) in [4.78, 5) is 49.6. The van der Waals surface area contributed by atoms with Gasteiger partial charge in [-0.1, -0.05) is 70.2 Å². The standard InChI is InChI=1S/C37H55N3O5/c1-9-21-38(25-27-17-13-12-14-18-27)31(42)28-29-32(43)39(23-15-16-24-41)30(37(29)20-19-36(28,11-3)45-37)33(44)40(22-10-2)35(7,8)26-34(4,5)6/h9-10,12-14,17-18,28-30,41H,1-2,11,15-16,19-26H2,3-8H3/t28-,29-,30?,36+,37?/m0/s1. The summed E-state index contributed by atoms with van der Waals surface area (Å²) in [7, 11) is 0. The molecule has 2 unspecified atom stereocenters. The molecule has 5 atom stereocenters. The minimum atomic E-state index is -1.10. The summed E-state index contributed by atoms with van der Waals surface area (Å²) in [6.45, 7) is 21.9. The number of hydrogen-bond donors (Lipinski definition) is 1. The Labute approximate surface area is 270 Å². The van der Waals surface area contributed by atoms with E-state index in [2.05, 4.69) is 47.8 Å². The number of likely N-dealkylation sites (tertiary alicyclic amines) is 1. The van der Waals surface area contributed by atoms with Crippen LogP contribution < -0.4 is 0 Å². The highest BCUT2D eigenvalue weighted by Gasteiger charge is 2.79. The first kappa shape index (κ1) is 34.9. The third-order valence-corrected chi connectivity index (χ3v) is 10.1. The highest BCUT2D eigenvalue weighted by Crippen LogP contribution is 2.65. The van der Waals surface area contributed by atoms with Crippen LogP contribution in [0.1, 0.15) is 85.6 Å². The van der Waals surface area contributed by atoms with Gasteiger partial charge in [0.25, 0.3) is 0 Å². The number of amides is 3. The van der Waals surface area contributed by atoms with Gasteiger partial charge in [0.2, 0.25) is 17.7 Å². The lowest BCUT2D eigenvalue weighted by molar-refractivity contribution is -0.158. The number of benzene rings is 1. The number of ether oxygens (including phenoxy) is 1. The van der Waals surface area contributed by atoms with Crippen LogP contribution in [0.2, 0.25) is 0 Å². The molecule has 0 radical (unpaired) electrons. The van der Waals surface area contributed by atoms with E-state index in [0.717, 1.165) is 12.0 Å². The van der Waals surface area contributed by atoms with E-state index >= 15 is 0 Å². The van der Waals surface area contributed by atoms with Crippen molar-refractivity contribution in [3.63, 3.8) is 0 Å². The first-order valence-corrected chi connectivity index (χ1v) is 16.7. The van der Waals surface area contributed by atoms with Crippen molar-refractivity contribution in [2.45, 2.75) is 109 Å². The van der Waals surface area contributed by atoms with Gasteiger partial charge in [-0.15, -0.1) is 13.2 Å². The van der Waals surface area contributed by atoms with Gasteiger partial charge in [-0.2, -0.15) is 0 Å². The molecule has 3 amide bonds. The average Bonchev–Trinajstić information content (AvgIpc) is 3.58. The second-order valence-electron chi connectivity index (χ2n) is 15.1. The topological polar surface area (TPSA) is 90.4 Å². The summed E-state index contributed by atoms with van der Waals surface area (Å²) >= 11 is 0. The minimum Gasteiger partial charge on any atom is -0.396 e. The van der Waals surface area contributed by atoms with E-state index in [0.29, 0.717) is 58.3 Å². The van der Waals surface area contributed by atoms with E-state index in [1.807, 2.05) is 42.2 Å². The molecular formula is C37H55N3O5. The molecule has 3 fully saturated rings. The fourth-order valence-electron chi connectivity index (χ4n) is 8.70. The normalized spacial score (nSPS) is 27.4. The molecule has 3 aliphatic rings. The Balaban J connectivity index is 1.80. The number of carbonyl (C=O) groups is 3. The molecule has 1 aromatic rings. The Kier molecular flexibility index (Phi) is 10.4. The fraction of sp³-hybridized carbons (Fsp3) is 0.649. The molecule has 3 saturated heterocycles. The molecule has 4 rings (SSSR count). The molecule has 8 heteroatoms. The molecule has 0 aliphatic carbocycles. The number of unbranched alkanes of at least 4 members (excludes halogenated alkanes) is 1. The number of hydrogen-bond acceptors (Lipinski definition) is 5. The molecule has 1 aromatic carbocycles. The highest BCUT2D eigenvalue weighted by atomic mass is 16.5. The zero-order chi connectivity index (χ0) is 33.2. The first-order valence-electron chi connectivity index (χ1n) is 16.7. The number of aliphatic hydroxyl groups excluding tert-OH is 1. The van der Waals surface area contributed by atoms with Crippen LogP contribution in [-0.2, 0) is 25.7 Å². The van der Waals surface area contributed by atoms with E-state index in [9.17, 15) is 19.5 Å². The molecule has 2 bridgehead atoms. The quantitative estimate of drug-likeness (QED) is 0.211.